The Hall–Kier alpha value is -2.58. The predicted octanol–water partition coefficient (Wildman–Crippen LogP) is 4.65. The number of methoxy groups -OCH3 is 2. The van der Waals surface area contributed by atoms with Crippen molar-refractivity contribution in [3.8, 4) is 22.1 Å². The van der Waals surface area contributed by atoms with Gasteiger partial charge in [0.15, 0.2) is 5.01 Å². The van der Waals surface area contributed by atoms with Crippen LogP contribution in [0.4, 0.5) is 5.13 Å². The summed E-state index contributed by atoms with van der Waals surface area (Å²) in [7, 11) is 3.19. The minimum absolute atomic E-state index is 0.116. The number of anilines is 1. The van der Waals surface area contributed by atoms with E-state index in [0.29, 0.717) is 21.6 Å². The lowest BCUT2D eigenvalue weighted by atomic mass is 10.2. The highest BCUT2D eigenvalue weighted by atomic mass is 32.2. The summed E-state index contributed by atoms with van der Waals surface area (Å²) in [6, 6.07) is 13.6. The van der Waals surface area contributed by atoms with Crippen LogP contribution < -0.4 is 14.8 Å². The highest BCUT2D eigenvalue weighted by molar-refractivity contribution is 8.00. The molecule has 0 saturated heterocycles. The second-order valence-electron chi connectivity index (χ2n) is 6.04. The second kappa shape index (κ2) is 9.07. The largest absolute Gasteiger partial charge is 0.497 e. The van der Waals surface area contributed by atoms with Crippen LogP contribution in [0.25, 0.3) is 10.6 Å². The lowest BCUT2D eigenvalue weighted by molar-refractivity contribution is -0.115. The van der Waals surface area contributed by atoms with E-state index in [9.17, 15) is 4.79 Å². The maximum absolute atomic E-state index is 12.5. The minimum Gasteiger partial charge on any atom is -0.497 e. The molecule has 1 unspecified atom stereocenters. The summed E-state index contributed by atoms with van der Waals surface area (Å²) in [4.78, 5) is 13.6. The van der Waals surface area contributed by atoms with E-state index in [1.165, 1.54) is 28.7 Å². The van der Waals surface area contributed by atoms with Gasteiger partial charge in [0.1, 0.15) is 11.5 Å². The first kappa shape index (κ1) is 20.2. The van der Waals surface area contributed by atoms with E-state index >= 15 is 0 Å². The van der Waals surface area contributed by atoms with E-state index in [1.54, 1.807) is 20.3 Å². The number of rotatable bonds is 7. The number of ether oxygens (including phenoxy) is 2. The van der Waals surface area contributed by atoms with Crippen LogP contribution in [0.15, 0.2) is 47.4 Å². The topological polar surface area (TPSA) is 73.3 Å². The average molecular weight is 416 g/mol. The zero-order valence-corrected chi connectivity index (χ0v) is 17.7. The number of thioether (sulfide) groups is 1. The van der Waals surface area contributed by atoms with Crippen LogP contribution in [-0.4, -0.2) is 35.6 Å². The third-order valence-corrected chi connectivity index (χ3v) is 5.98. The Kier molecular flexibility index (Phi) is 6.53. The number of carbonyl (C=O) groups is 1. The van der Waals surface area contributed by atoms with Gasteiger partial charge in [-0.25, -0.2) is 0 Å². The van der Waals surface area contributed by atoms with Gasteiger partial charge in [0.25, 0.3) is 0 Å². The first-order chi connectivity index (χ1) is 13.5. The number of nitrogens with zero attached hydrogens (tertiary/aromatic N) is 2. The monoisotopic (exact) mass is 415 g/mol. The molecular formula is C20H21N3O3S2. The molecule has 1 amide bonds. The normalized spacial score (nSPS) is 11.7. The molecule has 0 aliphatic rings. The number of hydrogen-bond donors (Lipinski definition) is 1. The number of carbonyl (C=O) groups excluding carboxylic acids is 1. The summed E-state index contributed by atoms with van der Waals surface area (Å²) in [6.07, 6.45) is 0. The molecule has 1 aromatic heterocycles. The summed E-state index contributed by atoms with van der Waals surface area (Å²) < 4.78 is 10.6. The molecule has 3 aromatic rings. The summed E-state index contributed by atoms with van der Waals surface area (Å²) in [5, 5.41) is 12.0. The van der Waals surface area contributed by atoms with Crippen LogP contribution in [0.3, 0.4) is 0 Å². The molecular weight excluding hydrogens is 394 g/mol. The predicted molar refractivity (Wildman–Crippen MR) is 114 cm³/mol. The Morgan fingerprint density at radius 1 is 1.11 bits per heavy atom. The Morgan fingerprint density at radius 2 is 1.86 bits per heavy atom. The van der Waals surface area contributed by atoms with Gasteiger partial charge in [-0.2, -0.15) is 0 Å². The van der Waals surface area contributed by atoms with E-state index in [2.05, 4.69) is 15.5 Å². The highest BCUT2D eigenvalue weighted by Crippen LogP contribution is 2.36. The summed E-state index contributed by atoms with van der Waals surface area (Å²) in [5.41, 5.74) is 1.99. The van der Waals surface area contributed by atoms with Gasteiger partial charge < -0.3 is 9.47 Å². The van der Waals surface area contributed by atoms with Crippen molar-refractivity contribution in [1.82, 2.24) is 10.2 Å². The van der Waals surface area contributed by atoms with E-state index in [0.717, 1.165) is 10.5 Å². The van der Waals surface area contributed by atoms with Gasteiger partial charge in [0.05, 0.1) is 25.0 Å². The smallest absolute Gasteiger partial charge is 0.239 e. The maximum atomic E-state index is 12.5. The molecule has 1 heterocycles. The van der Waals surface area contributed by atoms with Gasteiger partial charge in [-0.3, -0.25) is 10.1 Å². The van der Waals surface area contributed by atoms with Crippen molar-refractivity contribution in [1.29, 1.82) is 0 Å². The van der Waals surface area contributed by atoms with E-state index in [4.69, 9.17) is 9.47 Å². The lowest BCUT2D eigenvalue weighted by Gasteiger charge is -2.10. The lowest BCUT2D eigenvalue weighted by Crippen LogP contribution is -2.22. The van der Waals surface area contributed by atoms with Crippen molar-refractivity contribution in [2.75, 3.05) is 19.5 Å². The van der Waals surface area contributed by atoms with Crippen molar-refractivity contribution < 1.29 is 14.3 Å². The van der Waals surface area contributed by atoms with Gasteiger partial charge in [-0.15, -0.1) is 22.0 Å². The molecule has 146 valence electrons. The molecule has 8 heteroatoms. The number of nitrogens with one attached hydrogen (secondary N) is 1. The van der Waals surface area contributed by atoms with Gasteiger partial charge in [-0.05, 0) is 38.1 Å². The fourth-order valence-corrected chi connectivity index (χ4v) is 4.08. The fourth-order valence-electron chi connectivity index (χ4n) is 2.44. The van der Waals surface area contributed by atoms with Crippen LogP contribution in [0, 0.1) is 6.92 Å². The van der Waals surface area contributed by atoms with Crippen LogP contribution in [-0.2, 0) is 4.79 Å². The molecule has 0 fully saturated rings. The quantitative estimate of drug-likeness (QED) is 0.566. The molecule has 0 spiro atoms. The SMILES string of the molecule is COc1ccc(-c2nnc(NC(=O)C(C)Sc3ccc(C)cc3)s2)c(OC)c1. The van der Waals surface area contributed by atoms with Crippen molar-refractivity contribution in [2.24, 2.45) is 0 Å². The van der Waals surface area contributed by atoms with Crippen molar-refractivity contribution in [2.45, 2.75) is 24.0 Å². The Morgan fingerprint density at radius 3 is 2.54 bits per heavy atom. The molecule has 0 aliphatic heterocycles. The standard InChI is InChI=1S/C20H21N3O3S2/c1-12-5-8-15(9-6-12)27-13(2)18(24)21-20-23-22-19(28-20)16-10-7-14(25-3)11-17(16)26-4/h5-11,13H,1-4H3,(H,21,23,24). The van der Waals surface area contributed by atoms with Crippen LogP contribution in [0.5, 0.6) is 11.5 Å². The van der Waals surface area contributed by atoms with Gasteiger partial charge in [-0.1, -0.05) is 29.0 Å². The van der Waals surface area contributed by atoms with Gasteiger partial charge in [0.2, 0.25) is 11.0 Å². The number of hydrogen-bond acceptors (Lipinski definition) is 7. The fraction of sp³-hybridized carbons (Fsp3) is 0.250. The first-order valence-electron chi connectivity index (χ1n) is 8.60. The Bertz CT molecular complexity index is 958. The van der Waals surface area contributed by atoms with Gasteiger partial charge >= 0.3 is 0 Å². The third kappa shape index (κ3) is 4.82. The number of aromatic nitrogens is 2. The third-order valence-electron chi connectivity index (χ3n) is 4.00. The molecule has 0 bridgehead atoms. The summed E-state index contributed by atoms with van der Waals surface area (Å²) in [5.74, 6) is 1.22. The van der Waals surface area contributed by atoms with E-state index in [-0.39, 0.29) is 11.2 Å². The van der Waals surface area contributed by atoms with E-state index < -0.39 is 0 Å². The van der Waals surface area contributed by atoms with Crippen LogP contribution in [0.1, 0.15) is 12.5 Å². The molecule has 28 heavy (non-hydrogen) atoms. The molecule has 0 aliphatic carbocycles. The second-order valence-corrected chi connectivity index (χ2v) is 8.43. The number of benzene rings is 2. The minimum atomic E-state index is -0.259. The van der Waals surface area contributed by atoms with Gasteiger partial charge in [0, 0.05) is 11.0 Å². The molecule has 0 radical (unpaired) electrons. The average Bonchev–Trinajstić information content (AvgIpc) is 3.17. The molecule has 1 N–H and O–H groups in total. The van der Waals surface area contributed by atoms with Crippen LogP contribution in [0.2, 0.25) is 0 Å². The Labute approximate surface area is 172 Å². The summed E-state index contributed by atoms with van der Waals surface area (Å²) >= 11 is 2.80. The molecule has 2 aromatic carbocycles. The maximum Gasteiger partial charge on any atom is 0.239 e. The molecule has 1 atom stereocenters. The van der Waals surface area contributed by atoms with Crippen molar-refractivity contribution >= 4 is 34.1 Å². The molecule has 3 rings (SSSR count). The first-order valence-corrected chi connectivity index (χ1v) is 10.3. The highest BCUT2D eigenvalue weighted by Gasteiger charge is 2.18. The number of amides is 1. The van der Waals surface area contributed by atoms with Crippen LogP contribution >= 0.6 is 23.1 Å². The Balaban J connectivity index is 1.68. The molecule has 0 saturated carbocycles. The van der Waals surface area contributed by atoms with Crippen molar-refractivity contribution in [3.63, 3.8) is 0 Å². The number of aryl methyl sites for hydroxylation is 1. The summed E-state index contributed by atoms with van der Waals surface area (Å²) in [6.45, 7) is 3.91. The van der Waals surface area contributed by atoms with E-state index in [1.807, 2.05) is 50.2 Å². The van der Waals surface area contributed by atoms with Crippen molar-refractivity contribution in [3.05, 3.63) is 48.0 Å². The zero-order valence-electron chi connectivity index (χ0n) is 16.1. The molecule has 6 nitrogen and oxygen atoms in total. The zero-order chi connectivity index (χ0) is 20.1.